The van der Waals surface area contributed by atoms with Crippen LogP contribution in [0.2, 0.25) is 0 Å². The van der Waals surface area contributed by atoms with E-state index in [1.165, 1.54) is 17.7 Å². The summed E-state index contributed by atoms with van der Waals surface area (Å²) in [7, 11) is 0. The van der Waals surface area contributed by atoms with Crippen LogP contribution in [-0.4, -0.2) is 69.9 Å². The molecule has 10 heteroatoms. The number of aliphatic hydroxyl groups excluding tert-OH is 2. The second-order valence-corrected chi connectivity index (χ2v) is 16.2. The molecular formula is C47H54F3NO6. The van der Waals surface area contributed by atoms with Gasteiger partial charge in [0.15, 0.2) is 5.78 Å². The highest BCUT2D eigenvalue weighted by Gasteiger charge is 2.57. The summed E-state index contributed by atoms with van der Waals surface area (Å²) in [4.78, 5) is 16.3. The van der Waals surface area contributed by atoms with Crippen LogP contribution < -0.4 is 4.74 Å². The van der Waals surface area contributed by atoms with E-state index in [4.69, 9.17) is 4.74 Å². The van der Waals surface area contributed by atoms with Gasteiger partial charge in [0.05, 0.1) is 31.0 Å². The summed E-state index contributed by atoms with van der Waals surface area (Å²) in [5.74, 6) is -0.650. The highest BCUT2D eigenvalue weighted by Crippen LogP contribution is 2.59. The van der Waals surface area contributed by atoms with Crippen molar-refractivity contribution in [2.24, 2.45) is 5.41 Å². The fourth-order valence-electron chi connectivity index (χ4n) is 8.79. The fourth-order valence-corrected chi connectivity index (χ4v) is 8.79. The summed E-state index contributed by atoms with van der Waals surface area (Å²) in [5.41, 5.74) is 3.66. The molecule has 0 spiro atoms. The number of carbonyl (C=O) groups excluding carboxylic acids is 1. The Morgan fingerprint density at radius 1 is 0.930 bits per heavy atom. The zero-order valence-electron chi connectivity index (χ0n) is 32.8. The number of hydrogen-bond donors (Lipinski definition) is 3. The summed E-state index contributed by atoms with van der Waals surface area (Å²) in [6, 6.07) is 30.4. The summed E-state index contributed by atoms with van der Waals surface area (Å²) >= 11 is 0. The first-order chi connectivity index (χ1) is 27.2. The van der Waals surface area contributed by atoms with E-state index in [-0.39, 0.29) is 43.7 Å². The molecule has 0 aromatic heterocycles. The van der Waals surface area contributed by atoms with E-state index in [1.807, 2.05) is 71.6 Å². The van der Waals surface area contributed by atoms with Gasteiger partial charge in [0.2, 0.25) is 0 Å². The molecule has 7 rings (SSSR count). The Bertz CT molecular complexity index is 1950. The van der Waals surface area contributed by atoms with E-state index in [0.717, 1.165) is 23.1 Å². The van der Waals surface area contributed by atoms with Gasteiger partial charge in [0.25, 0.3) is 0 Å². The lowest BCUT2D eigenvalue weighted by molar-refractivity contribution is -0.274. The Kier molecular flexibility index (Phi) is 13.7. The number of ketones is 1. The second-order valence-electron chi connectivity index (χ2n) is 16.2. The number of aliphatic hydroxyl groups is 3. The molecule has 0 aliphatic heterocycles. The Hall–Kier alpha value is -4.32. The quantitative estimate of drug-likeness (QED) is 0.0920. The van der Waals surface area contributed by atoms with Crippen molar-refractivity contribution in [3.8, 4) is 5.75 Å². The third-order valence-electron chi connectivity index (χ3n) is 11.9. The van der Waals surface area contributed by atoms with Crippen molar-refractivity contribution < 1.29 is 42.8 Å². The van der Waals surface area contributed by atoms with E-state index in [9.17, 15) is 33.3 Å². The molecule has 0 unspecified atom stereocenters. The van der Waals surface area contributed by atoms with Crippen molar-refractivity contribution in [2.45, 2.75) is 102 Å². The highest BCUT2D eigenvalue weighted by molar-refractivity contribution is 6.10. The molecule has 4 aromatic carbocycles. The lowest BCUT2D eigenvalue weighted by Crippen LogP contribution is -2.53. The average molecular weight is 786 g/mol. The SMILES string of the molecule is CC1=CCC[C@@]2(C)[C@@H](CC[C@@]2(O)CN(Cc2ccc(OC(F)(F)F)cc2)C[C@@H](O)COCc2ccccc2)c2ccc(cc2C(=O)c2ccccc2)C[C@@H](O)CC1. The van der Waals surface area contributed by atoms with Crippen molar-refractivity contribution >= 4 is 5.78 Å². The first-order valence-corrected chi connectivity index (χ1v) is 19.9. The average Bonchev–Trinajstić information content (AvgIpc) is 3.42. The lowest BCUT2D eigenvalue weighted by atomic mass is 9.64. The summed E-state index contributed by atoms with van der Waals surface area (Å²) in [5, 5.41) is 35.3. The third-order valence-corrected chi connectivity index (χ3v) is 11.9. The van der Waals surface area contributed by atoms with E-state index >= 15 is 0 Å². The normalized spacial score (nSPS) is 23.4. The number of halogens is 3. The molecule has 1 saturated carbocycles. The predicted octanol–water partition coefficient (Wildman–Crippen LogP) is 8.93. The van der Waals surface area contributed by atoms with Gasteiger partial charge in [0.1, 0.15) is 5.75 Å². The molecule has 304 valence electrons. The van der Waals surface area contributed by atoms with Gasteiger partial charge in [0, 0.05) is 36.2 Å². The Morgan fingerprint density at radius 3 is 2.33 bits per heavy atom. The summed E-state index contributed by atoms with van der Waals surface area (Å²) in [6.45, 7) is 5.05. The number of carbonyl (C=O) groups is 1. The molecule has 0 saturated heterocycles. The Balaban J connectivity index is 1.33. The zero-order valence-corrected chi connectivity index (χ0v) is 32.8. The third kappa shape index (κ3) is 11.0. The van der Waals surface area contributed by atoms with Crippen LogP contribution >= 0.6 is 0 Å². The van der Waals surface area contributed by atoms with Crippen molar-refractivity contribution in [3.63, 3.8) is 0 Å². The summed E-state index contributed by atoms with van der Waals surface area (Å²) in [6.07, 6.45) is -0.0682. The number of benzene rings is 4. The largest absolute Gasteiger partial charge is 0.573 e. The van der Waals surface area contributed by atoms with Crippen LogP contribution in [0.25, 0.3) is 0 Å². The van der Waals surface area contributed by atoms with Crippen LogP contribution in [0.1, 0.15) is 96.5 Å². The van der Waals surface area contributed by atoms with Gasteiger partial charge >= 0.3 is 6.36 Å². The molecule has 5 atom stereocenters. The van der Waals surface area contributed by atoms with E-state index in [1.54, 1.807) is 24.3 Å². The van der Waals surface area contributed by atoms with Crippen LogP contribution in [0.5, 0.6) is 5.75 Å². The first kappa shape index (κ1) is 42.3. The van der Waals surface area contributed by atoms with Gasteiger partial charge in [-0.2, -0.15) is 0 Å². The molecule has 2 bridgehead atoms. The van der Waals surface area contributed by atoms with Gasteiger partial charge in [-0.05, 0) is 98.2 Å². The molecule has 0 amide bonds. The number of fused-ring (bicyclic) bond motifs is 8. The highest BCUT2D eigenvalue weighted by atomic mass is 19.4. The topological polar surface area (TPSA) is 99.5 Å². The molecule has 3 aliphatic rings. The number of rotatable bonds is 13. The van der Waals surface area contributed by atoms with Crippen molar-refractivity contribution in [2.75, 3.05) is 19.7 Å². The number of hydrogen-bond acceptors (Lipinski definition) is 7. The predicted molar refractivity (Wildman–Crippen MR) is 214 cm³/mol. The van der Waals surface area contributed by atoms with Gasteiger partial charge in [-0.3, -0.25) is 9.69 Å². The van der Waals surface area contributed by atoms with Crippen LogP contribution in [0.15, 0.2) is 115 Å². The fraction of sp³-hybridized carbons (Fsp3) is 0.426. The van der Waals surface area contributed by atoms with Crippen molar-refractivity contribution in [1.82, 2.24) is 4.90 Å². The monoisotopic (exact) mass is 785 g/mol. The molecule has 3 N–H and O–H groups in total. The number of ether oxygens (including phenoxy) is 2. The van der Waals surface area contributed by atoms with Crippen molar-refractivity contribution in [1.29, 1.82) is 0 Å². The van der Waals surface area contributed by atoms with Gasteiger partial charge in [-0.1, -0.05) is 104 Å². The van der Waals surface area contributed by atoms with Gasteiger partial charge in [-0.15, -0.1) is 13.2 Å². The minimum absolute atomic E-state index is 0.0398. The number of alkyl halides is 3. The van der Waals surface area contributed by atoms with E-state index < -0.39 is 29.6 Å². The lowest BCUT2D eigenvalue weighted by Gasteiger charge is -2.46. The summed E-state index contributed by atoms with van der Waals surface area (Å²) < 4.78 is 48.8. The maximum Gasteiger partial charge on any atom is 0.573 e. The number of nitrogens with zero attached hydrogens (tertiary/aromatic N) is 1. The maximum atomic E-state index is 14.3. The van der Waals surface area contributed by atoms with E-state index in [0.29, 0.717) is 61.8 Å². The molecule has 7 nitrogen and oxygen atoms in total. The van der Waals surface area contributed by atoms with Crippen molar-refractivity contribution in [3.05, 3.63) is 148 Å². The maximum absolute atomic E-state index is 14.3. The number of allylic oxidation sites excluding steroid dienone is 2. The van der Waals surface area contributed by atoms with Crippen LogP contribution in [0, 0.1) is 5.41 Å². The minimum atomic E-state index is -4.82. The van der Waals surface area contributed by atoms with Crippen LogP contribution in [0.3, 0.4) is 0 Å². The van der Waals surface area contributed by atoms with Gasteiger partial charge < -0.3 is 24.8 Å². The standard InChI is InChI=1S/C47H54F3NO6/c1-33-10-9-24-45(2)43(41-22-18-36(26-38(52)19-15-33)27-42(41)44(54)37-13-7-4-8-14-37)23-25-46(45,55)32-51(28-34-16-20-40(21-17-34)57-47(48,49)50)29-39(53)31-56-30-35-11-5-3-6-12-35/h3-8,10-14,16-18,20-22,27,38-39,43,52-53,55H,9,15,19,23-26,28-32H2,1-2H3/t38-,39+,43-,45-,46+/m0/s1. The molecule has 57 heavy (non-hydrogen) atoms. The van der Waals surface area contributed by atoms with E-state index in [2.05, 4.69) is 24.7 Å². The molecule has 3 aliphatic carbocycles. The Morgan fingerprint density at radius 2 is 1.63 bits per heavy atom. The molecule has 0 heterocycles. The van der Waals surface area contributed by atoms with Gasteiger partial charge in [-0.25, -0.2) is 0 Å². The second kappa shape index (κ2) is 18.5. The van der Waals surface area contributed by atoms with Crippen LogP contribution in [0.4, 0.5) is 13.2 Å². The molecular weight excluding hydrogens is 732 g/mol. The van der Waals surface area contributed by atoms with Crippen LogP contribution in [-0.2, 0) is 24.3 Å². The first-order valence-electron chi connectivity index (χ1n) is 19.9. The molecule has 0 radical (unpaired) electrons. The smallest absolute Gasteiger partial charge is 0.406 e. The minimum Gasteiger partial charge on any atom is -0.406 e. The zero-order chi connectivity index (χ0) is 40.6. The molecule has 4 aromatic rings. The Labute approximate surface area is 333 Å². The molecule has 1 fully saturated rings.